The molecule has 0 unspecified atom stereocenters. The van der Waals surface area contributed by atoms with Crippen molar-refractivity contribution in [3.63, 3.8) is 0 Å². The smallest absolute Gasteiger partial charge is 0.0895 e. The highest BCUT2D eigenvalue weighted by Crippen LogP contribution is 2.30. The van der Waals surface area contributed by atoms with Crippen LogP contribution in [0.1, 0.15) is 25.7 Å². The third-order valence-electron chi connectivity index (χ3n) is 6.25. The maximum absolute atomic E-state index is 11.2. The molecule has 1 saturated carbocycles. The van der Waals surface area contributed by atoms with Gasteiger partial charge in [0.05, 0.1) is 13.1 Å². The largest absolute Gasteiger partial charge is 0.737 e. The van der Waals surface area contributed by atoms with Gasteiger partial charge in [-0.05, 0) is 42.8 Å². The summed E-state index contributed by atoms with van der Waals surface area (Å²) in [6.45, 7) is 7.72. The van der Waals surface area contributed by atoms with Gasteiger partial charge in [0.1, 0.15) is 0 Å². The highest BCUT2D eigenvalue weighted by atomic mass is 16.6. The minimum Gasteiger partial charge on any atom is -0.737 e. The van der Waals surface area contributed by atoms with Crippen molar-refractivity contribution < 1.29 is 9.94 Å². The second-order valence-corrected chi connectivity index (χ2v) is 7.98. The summed E-state index contributed by atoms with van der Waals surface area (Å²) in [7, 11) is 0. The van der Waals surface area contributed by atoms with Gasteiger partial charge >= 0.3 is 0 Å². The summed E-state index contributed by atoms with van der Waals surface area (Å²) in [5, 5.41) is 37.7. The first-order valence-corrected chi connectivity index (χ1v) is 9.96. The molecule has 3 rings (SSSR count). The molecule has 0 bridgehead atoms. The summed E-state index contributed by atoms with van der Waals surface area (Å²) in [4.78, 5) is 4.92. The Balaban J connectivity index is 1.31. The number of hydrazine groups is 2. The fourth-order valence-electron chi connectivity index (χ4n) is 4.56. The average Bonchev–Trinajstić information content (AvgIpc) is 2.70. The number of nitrogens with zero attached hydrogens (tertiary/aromatic N) is 8. The topological polar surface area (TPSA) is 123 Å². The molecule has 0 amide bonds. The molecule has 0 aromatic carbocycles. The first-order valence-electron chi connectivity index (χ1n) is 9.96. The highest BCUT2D eigenvalue weighted by molar-refractivity contribution is 4.80. The van der Waals surface area contributed by atoms with Gasteiger partial charge in [0, 0.05) is 57.3 Å². The predicted molar refractivity (Wildman–Crippen MR) is 97.9 cm³/mol. The lowest BCUT2D eigenvalue weighted by molar-refractivity contribution is -0.692. The van der Waals surface area contributed by atoms with Gasteiger partial charge in [-0.25, -0.2) is 0 Å². The van der Waals surface area contributed by atoms with E-state index in [0.717, 1.165) is 45.2 Å². The summed E-state index contributed by atoms with van der Waals surface area (Å²) in [5.74, 6) is 1.43. The minimum atomic E-state index is -0.0353. The molecule has 3 aliphatic rings. The minimum absolute atomic E-state index is 0.0353. The molecule has 11 heteroatoms. The van der Waals surface area contributed by atoms with Crippen LogP contribution in [0.25, 0.3) is 5.53 Å². The van der Waals surface area contributed by atoms with E-state index in [9.17, 15) is 15.6 Å². The van der Waals surface area contributed by atoms with Gasteiger partial charge < -0.3 is 20.5 Å². The Bertz CT molecular complexity index is 510. The van der Waals surface area contributed by atoms with E-state index in [4.69, 9.17) is 5.53 Å². The van der Waals surface area contributed by atoms with E-state index in [1.165, 1.54) is 35.7 Å². The summed E-state index contributed by atoms with van der Waals surface area (Å²) in [6.07, 6.45) is 4.95. The van der Waals surface area contributed by atoms with Gasteiger partial charge in [0.15, 0.2) is 0 Å². The molecule has 0 N–H and O–H groups in total. The zero-order valence-corrected chi connectivity index (χ0v) is 15.9. The van der Waals surface area contributed by atoms with Crippen molar-refractivity contribution in [3.05, 3.63) is 21.2 Å². The second-order valence-electron chi connectivity index (χ2n) is 7.98. The third kappa shape index (κ3) is 5.55. The Labute approximate surface area is 160 Å². The Morgan fingerprint density at radius 2 is 1.15 bits per heavy atom. The number of rotatable bonds is 6. The second kappa shape index (κ2) is 9.36. The van der Waals surface area contributed by atoms with Crippen molar-refractivity contribution in [2.24, 2.45) is 17.1 Å². The van der Waals surface area contributed by atoms with Crippen LogP contribution in [-0.4, -0.2) is 95.2 Å². The van der Waals surface area contributed by atoms with Gasteiger partial charge in [0.25, 0.3) is 0 Å². The first kappa shape index (κ1) is 19.9. The molecule has 0 spiro atoms. The van der Waals surface area contributed by atoms with Gasteiger partial charge in [0.2, 0.25) is 0 Å². The van der Waals surface area contributed by atoms with Gasteiger partial charge in [-0.1, -0.05) is 0 Å². The first-order chi connectivity index (χ1) is 13.0. The average molecular weight is 382 g/mol. The molecule has 11 nitrogen and oxygen atoms in total. The monoisotopic (exact) mass is 382 g/mol. The Kier molecular flexibility index (Phi) is 6.89. The van der Waals surface area contributed by atoms with Crippen LogP contribution in [0.2, 0.25) is 0 Å². The van der Waals surface area contributed by atoms with Crippen LogP contribution in [-0.2, 0) is 0 Å². The predicted octanol–water partition coefficient (Wildman–Crippen LogP) is 0.850. The summed E-state index contributed by atoms with van der Waals surface area (Å²) in [6, 6.07) is 0. The molecule has 27 heavy (non-hydrogen) atoms. The van der Waals surface area contributed by atoms with E-state index in [-0.39, 0.29) is 9.94 Å². The highest BCUT2D eigenvalue weighted by Gasteiger charge is 2.28. The fourth-order valence-corrected chi connectivity index (χ4v) is 4.56. The van der Waals surface area contributed by atoms with Gasteiger partial charge in [-0.3, -0.25) is 9.91 Å². The molecule has 1 aliphatic carbocycles. The van der Waals surface area contributed by atoms with E-state index in [2.05, 4.69) is 15.1 Å². The van der Waals surface area contributed by atoms with Crippen LogP contribution >= 0.6 is 0 Å². The standard InChI is InChI=1S/C16H31N8O3/c17-23(26)21-9-5-19(6-10-21)13-15-1-3-16(4-2-15)14-20-7-11-22(12-8-20)24(27)18-25/h15-16,25H,1-14H2/q-1/p-1/b24-18-. The van der Waals surface area contributed by atoms with Gasteiger partial charge in [-0.2, -0.15) is 0 Å². The van der Waals surface area contributed by atoms with Crippen LogP contribution in [0, 0.1) is 27.5 Å². The van der Waals surface area contributed by atoms with Crippen molar-refractivity contribution in [2.45, 2.75) is 25.7 Å². The molecule has 2 aliphatic heterocycles. The zero-order chi connectivity index (χ0) is 19.2. The lowest BCUT2D eigenvalue weighted by atomic mass is 9.81. The van der Waals surface area contributed by atoms with Crippen molar-refractivity contribution in [1.29, 1.82) is 0 Å². The normalized spacial score (nSPS) is 29.1. The van der Waals surface area contributed by atoms with Gasteiger partial charge in [-0.15, -0.1) is 15.5 Å². The molecule has 0 aromatic rings. The number of hydrogen-bond donors (Lipinski definition) is 0. The molecule has 2 heterocycles. The molecule has 0 radical (unpaired) electrons. The quantitative estimate of drug-likeness (QED) is 0.379. The Morgan fingerprint density at radius 1 is 0.741 bits per heavy atom. The number of piperazine rings is 2. The van der Waals surface area contributed by atoms with E-state index in [1.54, 1.807) is 0 Å². The maximum Gasteiger partial charge on any atom is 0.0895 e. The lowest BCUT2D eigenvalue weighted by Gasteiger charge is -2.40. The van der Waals surface area contributed by atoms with Crippen molar-refractivity contribution in [1.82, 2.24) is 19.8 Å². The molecular formula is C16H30N8O3-2. The van der Waals surface area contributed by atoms with Crippen LogP contribution < -0.4 is 0 Å². The number of hydrogen-bond acceptors (Lipinski definition) is 6. The van der Waals surface area contributed by atoms with Crippen LogP contribution in [0.15, 0.2) is 5.28 Å². The van der Waals surface area contributed by atoms with E-state index in [1.807, 2.05) is 0 Å². The van der Waals surface area contributed by atoms with Crippen molar-refractivity contribution in [3.8, 4) is 0 Å². The van der Waals surface area contributed by atoms with E-state index < -0.39 is 0 Å². The Morgan fingerprint density at radius 3 is 1.52 bits per heavy atom. The molecule has 0 atom stereocenters. The maximum atomic E-state index is 11.2. The SMILES string of the molecule is [N-]=[N+]([O-])N1CCN(CC2CCC(CN3CCN(/[N+]([O-])=N/[O-])CC3)CC2)CC1. The summed E-state index contributed by atoms with van der Waals surface area (Å²) in [5.41, 5.74) is 8.95. The lowest BCUT2D eigenvalue weighted by Crippen LogP contribution is -2.50. The Hall–Kier alpha value is -1.88. The van der Waals surface area contributed by atoms with Crippen LogP contribution in [0.4, 0.5) is 0 Å². The van der Waals surface area contributed by atoms with Crippen molar-refractivity contribution in [2.75, 3.05) is 65.4 Å². The third-order valence-corrected chi connectivity index (χ3v) is 6.25. The molecular weight excluding hydrogens is 352 g/mol. The van der Waals surface area contributed by atoms with E-state index in [0.29, 0.717) is 32.1 Å². The van der Waals surface area contributed by atoms with Crippen LogP contribution in [0.5, 0.6) is 0 Å². The zero-order valence-electron chi connectivity index (χ0n) is 15.9. The molecule has 2 saturated heterocycles. The van der Waals surface area contributed by atoms with Crippen LogP contribution in [0.3, 0.4) is 0 Å². The van der Waals surface area contributed by atoms with E-state index >= 15 is 0 Å². The summed E-state index contributed by atoms with van der Waals surface area (Å²) >= 11 is 0. The molecule has 154 valence electrons. The molecule has 0 aromatic heterocycles. The van der Waals surface area contributed by atoms with Crippen molar-refractivity contribution >= 4 is 0 Å². The fraction of sp³-hybridized carbons (Fsp3) is 1.00. The molecule has 3 fully saturated rings. The summed E-state index contributed by atoms with van der Waals surface area (Å²) < 4.78 is 0.